The van der Waals surface area contributed by atoms with Crippen LogP contribution in [0.15, 0.2) is 41.8 Å². The summed E-state index contributed by atoms with van der Waals surface area (Å²) in [6.07, 6.45) is 2.56. The van der Waals surface area contributed by atoms with Gasteiger partial charge in [0.15, 0.2) is 0 Å². The zero-order valence-corrected chi connectivity index (χ0v) is 14.6. The third kappa shape index (κ3) is 4.58. The van der Waals surface area contributed by atoms with E-state index in [9.17, 15) is 9.90 Å². The summed E-state index contributed by atoms with van der Waals surface area (Å²) < 4.78 is 0. The Morgan fingerprint density at radius 1 is 1.21 bits per heavy atom. The summed E-state index contributed by atoms with van der Waals surface area (Å²) in [5, 5.41) is 14.2. The molecule has 0 radical (unpaired) electrons. The number of carbonyl (C=O) groups excluding carboxylic acids is 1. The maximum atomic E-state index is 11.9. The first-order valence-corrected chi connectivity index (χ1v) is 9.36. The molecule has 1 amide bonds. The van der Waals surface area contributed by atoms with Gasteiger partial charge in [0.25, 0.3) is 0 Å². The van der Waals surface area contributed by atoms with Gasteiger partial charge in [-0.3, -0.25) is 4.79 Å². The minimum absolute atomic E-state index is 0.0626. The van der Waals surface area contributed by atoms with Crippen LogP contribution < -0.4 is 10.2 Å². The third-order valence-corrected chi connectivity index (χ3v) is 5.46. The molecule has 24 heavy (non-hydrogen) atoms. The third-order valence-electron chi connectivity index (χ3n) is 4.58. The molecule has 3 rings (SSSR count). The maximum absolute atomic E-state index is 11.9. The Bertz CT molecular complexity index is 632. The number of nitrogens with zero attached hydrogens (tertiary/aromatic N) is 1. The highest BCUT2D eigenvalue weighted by Gasteiger charge is 2.18. The van der Waals surface area contributed by atoms with Crippen LogP contribution in [-0.2, 0) is 17.8 Å². The number of aliphatic hydroxyl groups is 1. The van der Waals surface area contributed by atoms with Gasteiger partial charge in [-0.2, -0.15) is 0 Å². The number of nitrogens with one attached hydrogen (secondary N) is 1. The summed E-state index contributed by atoms with van der Waals surface area (Å²) in [6.45, 7) is 2.87. The van der Waals surface area contributed by atoms with Gasteiger partial charge in [-0.05, 0) is 47.9 Å². The Morgan fingerprint density at radius 3 is 2.58 bits per heavy atom. The van der Waals surface area contributed by atoms with Crippen LogP contribution in [0.2, 0.25) is 0 Å². The maximum Gasteiger partial charge on any atom is 0.225 e. The monoisotopic (exact) mass is 344 g/mol. The fourth-order valence-electron chi connectivity index (χ4n) is 3.03. The summed E-state index contributed by atoms with van der Waals surface area (Å²) >= 11 is 1.61. The van der Waals surface area contributed by atoms with Gasteiger partial charge >= 0.3 is 0 Å². The van der Waals surface area contributed by atoms with Crippen LogP contribution >= 0.6 is 11.3 Å². The number of anilines is 1. The number of benzene rings is 1. The van der Waals surface area contributed by atoms with E-state index in [0.717, 1.165) is 36.4 Å². The second-order valence-electron chi connectivity index (χ2n) is 6.31. The molecule has 1 saturated heterocycles. The number of rotatable bonds is 6. The molecule has 2 aromatic rings. The van der Waals surface area contributed by atoms with E-state index in [4.69, 9.17) is 0 Å². The van der Waals surface area contributed by atoms with Crippen molar-refractivity contribution in [3.8, 4) is 0 Å². The van der Waals surface area contributed by atoms with Gasteiger partial charge < -0.3 is 15.3 Å². The smallest absolute Gasteiger partial charge is 0.225 e. The van der Waals surface area contributed by atoms with Crippen molar-refractivity contribution < 1.29 is 9.90 Å². The molecule has 1 aromatic carbocycles. The van der Waals surface area contributed by atoms with E-state index >= 15 is 0 Å². The lowest BCUT2D eigenvalue weighted by atomic mass is 9.97. The molecule has 5 heteroatoms. The zero-order chi connectivity index (χ0) is 16.8. The van der Waals surface area contributed by atoms with E-state index in [1.807, 2.05) is 17.5 Å². The zero-order valence-electron chi connectivity index (χ0n) is 13.8. The van der Waals surface area contributed by atoms with Crippen molar-refractivity contribution in [2.45, 2.75) is 25.8 Å². The number of carbonyl (C=O) groups is 1. The van der Waals surface area contributed by atoms with Crippen LogP contribution in [0.5, 0.6) is 0 Å². The molecule has 1 fully saturated rings. The highest BCUT2D eigenvalue weighted by Crippen LogP contribution is 2.23. The summed E-state index contributed by atoms with van der Waals surface area (Å²) in [4.78, 5) is 15.4. The van der Waals surface area contributed by atoms with E-state index in [1.54, 1.807) is 11.3 Å². The molecular formula is C19H24N2O2S. The highest BCUT2D eigenvalue weighted by molar-refractivity contribution is 7.10. The van der Waals surface area contributed by atoms with E-state index in [2.05, 4.69) is 34.5 Å². The summed E-state index contributed by atoms with van der Waals surface area (Å²) in [7, 11) is 0. The predicted octanol–water partition coefficient (Wildman–Crippen LogP) is 2.82. The van der Waals surface area contributed by atoms with Crippen LogP contribution in [0.1, 0.15) is 23.3 Å². The summed E-state index contributed by atoms with van der Waals surface area (Å²) in [5.74, 6) is 0.520. The normalized spacial score (nSPS) is 15.5. The molecule has 1 aliphatic heterocycles. The van der Waals surface area contributed by atoms with Crippen molar-refractivity contribution in [2.24, 2.45) is 5.92 Å². The highest BCUT2D eigenvalue weighted by atomic mass is 32.1. The first-order valence-electron chi connectivity index (χ1n) is 8.48. The molecule has 0 bridgehead atoms. The number of piperidine rings is 1. The van der Waals surface area contributed by atoms with Gasteiger partial charge in [0, 0.05) is 36.8 Å². The summed E-state index contributed by atoms with van der Waals surface area (Å²) in [5.41, 5.74) is 2.34. The average molecular weight is 344 g/mol. The Balaban J connectivity index is 1.47. The lowest BCUT2D eigenvalue weighted by Gasteiger charge is -2.33. The van der Waals surface area contributed by atoms with Crippen LogP contribution in [-0.4, -0.2) is 30.7 Å². The quantitative estimate of drug-likeness (QED) is 0.847. The van der Waals surface area contributed by atoms with Crippen molar-refractivity contribution in [1.82, 2.24) is 5.32 Å². The standard InChI is InChI=1S/C19H24N2O2S/c22-14-16-7-9-21(10-8-16)17-5-3-15(4-6-17)13-20-19(23)12-18-2-1-11-24-18/h1-6,11,16,22H,7-10,12-14H2,(H,20,23). The van der Waals surface area contributed by atoms with Crippen LogP contribution in [0.4, 0.5) is 5.69 Å². The van der Waals surface area contributed by atoms with Crippen LogP contribution in [0.3, 0.4) is 0 Å². The Hall–Kier alpha value is -1.85. The van der Waals surface area contributed by atoms with Gasteiger partial charge in [-0.25, -0.2) is 0 Å². The van der Waals surface area contributed by atoms with Crippen LogP contribution in [0, 0.1) is 5.92 Å². The van der Waals surface area contributed by atoms with Crippen molar-refractivity contribution in [1.29, 1.82) is 0 Å². The Labute approximate surface area is 147 Å². The first-order chi connectivity index (χ1) is 11.7. The minimum atomic E-state index is 0.0626. The largest absolute Gasteiger partial charge is 0.396 e. The molecule has 0 unspecified atom stereocenters. The van der Waals surface area contributed by atoms with E-state index < -0.39 is 0 Å². The van der Waals surface area contributed by atoms with Crippen molar-refractivity contribution >= 4 is 22.9 Å². The topological polar surface area (TPSA) is 52.6 Å². The molecule has 0 spiro atoms. The summed E-state index contributed by atoms with van der Waals surface area (Å²) in [6, 6.07) is 12.4. The van der Waals surface area contributed by atoms with Crippen molar-refractivity contribution in [3.63, 3.8) is 0 Å². The van der Waals surface area contributed by atoms with Crippen LogP contribution in [0.25, 0.3) is 0 Å². The Morgan fingerprint density at radius 2 is 1.96 bits per heavy atom. The fraction of sp³-hybridized carbons (Fsp3) is 0.421. The molecule has 0 atom stereocenters. The molecule has 0 aliphatic carbocycles. The molecule has 128 valence electrons. The first kappa shape index (κ1) is 17.0. The molecule has 1 aromatic heterocycles. The van der Waals surface area contributed by atoms with E-state index in [0.29, 0.717) is 25.5 Å². The fourth-order valence-corrected chi connectivity index (χ4v) is 3.74. The molecule has 1 aliphatic rings. The molecule has 4 nitrogen and oxygen atoms in total. The predicted molar refractivity (Wildman–Crippen MR) is 98.3 cm³/mol. The van der Waals surface area contributed by atoms with Crippen molar-refractivity contribution in [2.75, 3.05) is 24.6 Å². The lowest BCUT2D eigenvalue weighted by Crippen LogP contribution is -2.34. The Kier molecular flexibility index (Phi) is 5.88. The van der Waals surface area contributed by atoms with Gasteiger partial charge in [0.1, 0.15) is 0 Å². The SMILES string of the molecule is O=C(Cc1cccs1)NCc1ccc(N2CCC(CO)CC2)cc1. The van der Waals surface area contributed by atoms with E-state index in [1.165, 1.54) is 5.69 Å². The van der Waals surface area contributed by atoms with Gasteiger partial charge in [0.05, 0.1) is 6.42 Å². The minimum Gasteiger partial charge on any atom is -0.396 e. The molecule has 0 saturated carbocycles. The van der Waals surface area contributed by atoms with Crippen molar-refractivity contribution in [3.05, 3.63) is 52.2 Å². The number of thiophene rings is 1. The number of hydrogen-bond donors (Lipinski definition) is 2. The average Bonchev–Trinajstić information content (AvgIpc) is 3.13. The second kappa shape index (κ2) is 8.31. The molecule has 2 heterocycles. The van der Waals surface area contributed by atoms with Gasteiger partial charge in [0.2, 0.25) is 5.91 Å². The number of aliphatic hydroxyl groups excluding tert-OH is 1. The van der Waals surface area contributed by atoms with Gasteiger partial charge in [-0.1, -0.05) is 18.2 Å². The lowest BCUT2D eigenvalue weighted by molar-refractivity contribution is -0.120. The van der Waals surface area contributed by atoms with E-state index in [-0.39, 0.29) is 5.91 Å². The molecule has 2 N–H and O–H groups in total. The number of hydrogen-bond acceptors (Lipinski definition) is 4. The second-order valence-corrected chi connectivity index (χ2v) is 7.34. The van der Waals surface area contributed by atoms with Gasteiger partial charge in [-0.15, -0.1) is 11.3 Å². The number of amides is 1. The molecular weight excluding hydrogens is 320 g/mol.